The normalized spacial score (nSPS) is 16.5. The maximum absolute atomic E-state index is 12.8. The number of amides is 1. The van der Waals surface area contributed by atoms with E-state index < -0.39 is 5.60 Å². The van der Waals surface area contributed by atoms with Crippen LogP contribution in [0.15, 0.2) is 18.2 Å². The van der Waals surface area contributed by atoms with Crippen molar-refractivity contribution in [3.05, 3.63) is 29.5 Å². The Kier molecular flexibility index (Phi) is 4.17. The molecule has 2 heterocycles. The topological polar surface area (TPSA) is 60.8 Å². The molecule has 1 saturated carbocycles. The molecule has 0 bridgehead atoms. The van der Waals surface area contributed by atoms with E-state index in [0.29, 0.717) is 18.2 Å². The number of rotatable bonds is 3. The van der Waals surface area contributed by atoms with Gasteiger partial charge in [-0.3, -0.25) is 4.90 Å². The number of hydrogen-bond donors (Lipinski definition) is 0. The lowest BCUT2D eigenvalue weighted by Crippen LogP contribution is -2.36. The molecule has 1 fully saturated rings. The Hall–Kier alpha value is -2.50. The number of ether oxygens (including phenoxy) is 2. The molecule has 2 aliphatic rings. The molecule has 1 amide bonds. The number of fused-ring (bicyclic) bond motifs is 3. The van der Waals surface area contributed by atoms with Crippen LogP contribution in [-0.4, -0.2) is 35.9 Å². The van der Waals surface area contributed by atoms with Gasteiger partial charge in [-0.2, -0.15) is 0 Å². The molecule has 1 aromatic heterocycles. The van der Waals surface area contributed by atoms with Crippen molar-refractivity contribution in [3.63, 3.8) is 0 Å². The number of aromatic nitrogens is 1. The summed E-state index contributed by atoms with van der Waals surface area (Å²) in [5.74, 6) is 0.235. The van der Waals surface area contributed by atoms with Crippen molar-refractivity contribution >= 4 is 28.7 Å². The predicted molar refractivity (Wildman–Crippen MR) is 103 cm³/mol. The van der Waals surface area contributed by atoms with E-state index in [1.165, 1.54) is 20.0 Å². The van der Waals surface area contributed by atoms with E-state index in [-0.39, 0.29) is 12.1 Å². The van der Waals surface area contributed by atoms with E-state index in [0.717, 1.165) is 35.1 Å². The van der Waals surface area contributed by atoms with Gasteiger partial charge in [-0.05, 0) is 57.6 Å². The minimum Gasteiger partial charge on any atom is -0.464 e. The lowest BCUT2D eigenvalue weighted by Gasteiger charge is -2.25. The van der Waals surface area contributed by atoms with Gasteiger partial charge >= 0.3 is 12.1 Å². The Balaban J connectivity index is 1.85. The minimum absolute atomic E-state index is 0.340. The van der Waals surface area contributed by atoms with E-state index in [4.69, 9.17) is 9.47 Å². The molecular formula is C21H26N2O4. The summed E-state index contributed by atoms with van der Waals surface area (Å²) >= 11 is 0. The molecule has 1 aliphatic heterocycles. The van der Waals surface area contributed by atoms with Crippen LogP contribution in [0.25, 0.3) is 10.9 Å². The summed E-state index contributed by atoms with van der Waals surface area (Å²) in [4.78, 5) is 26.9. The van der Waals surface area contributed by atoms with Gasteiger partial charge in [0, 0.05) is 18.5 Å². The molecule has 0 saturated heterocycles. The van der Waals surface area contributed by atoms with Crippen LogP contribution in [0.5, 0.6) is 0 Å². The minimum atomic E-state index is -0.555. The van der Waals surface area contributed by atoms with Gasteiger partial charge in [0.15, 0.2) is 0 Å². The maximum Gasteiger partial charge on any atom is 0.414 e. The standard InChI is InChI=1S/C21H26N2O4/c1-21(2,3)27-20(25)22-10-9-14-7-8-15-11-16(19(24)26-4)23(12-13-5-6-13)18(15)17(14)22/h7-8,11,13H,5-6,9-10,12H2,1-4H3. The van der Waals surface area contributed by atoms with Crippen LogP contribution >= 0.6 is 0 Å². The third-order valence-corrected chi connectivity index (χ3v) is 5.14. The van der Waals surface area contributed by atoms with E-state index in [2.05, 4.69) is 0 Å². The fourth-order valence-electron chi connectivity index (χ4n) is 3.75. The van der Waals surface area contributed by atoms with Crippen LogP contribution in [0.2, 0.25) is 0 Å². The van der Waals surface area contributed by atoms with Gasteiger partial charge in [0.2, 0.25) is 0 Å². The molecule has 2 aromatic rings. The lowest BCUT2D eigenvalue weighted by molar-refractivity contribution is 0.0578. The molecule has 6 heteroatoms. The van der Waals surface area contributed by atoms with Crippen LogP contribution in [0.3, 0.4) is 0 Å². The summed E-state index contributed by atoms with van der Waals surface area (Å²) < 4.78 is 12.7. The second kappa shape index (κ2) is 6.29. The largest absolute Gasteiger partial charge is 0.464 e. The Morgan fingerprint density at radius 3 is 2.59 bits per heavy atom. The second-order valence-electron chi connectivity index (χ2n) is 8.47. The van der Waals surface area contributed by atoms with Crippen LogP contribution in [0, 0.1) is 5.92 Å². The molecule has 27 heavy (non-hydrogen) atoms. The van der Waals surface area contributed by atoms with Crippen molar-refractivity contribution in [1.82, 2.24) is 4.57 Å². The van der Waals surface area contributed by atoms with Crippen LogP contribution in [-0.2, 0) is 22.4 Å². The van der Waals surface area contributed by atoms with E-state index in [1.54, 1.807) is 4.90 Å². The molecule has 0 N–H and O–H groups in total. The summed E-state index contributed by atoms with van der Waals surface area (Å²) in [6.45, 7) is 6.97. The van der Waals surface area contributed by atoms with Crippen molar-refractivity contribution in [2.75, 3.05) is 18.6 Å². The second-order valence-corrected chi connectivity index (χ2v) is 8.47. The summed E-state index contributed by atoms with van der Waals surface area (Å²) in [7, 11) is 1.40. The molecule has 0 radical (unpaired) electrons. The number of methoxy groups -OCH3 is 1. The van der Waals surface area contributed by atoms with Crippen molar-refractivity contribution in [3.8, 4) is 0 Å². The number of carbonyl (C=O) groups excluding carboxylic acids is 2. The average molecular weight is 370 g/mol. The summed E-state index contributed by atoms with van der Waals surface area (Å²) in [5, 5.41) is 0.949. The van der Waals surface area contributed by atoms with Crippen LogP contribution in [0.4, 0.5) is 10.5 Å². The Morgan fingerprint density at radius 1 is 1.22 bits per heavy atom. The van der Waals surface area contributed by atoms with Crippen molar-refractivity contribution in [2.45, 2.75) is 52.2 Å². The van der Waals surface area contributed by atoms with Gasteiger partial charge in [0.1, 0.15) is 11.3 Å². The first-order valence-corrected chi connectivity index (χ1v) is 9.52. The molecule has 0 unspecified atom stereocenters. The smallest absolute Gasteiger partial charge is 0.414 e. The third-order valence-electron chi connectivity index (χ3n) is 5.14. The van der Waals surface area contributed by atoms with Gasteiger partial charge in [-0.15, -0.1) is 0 Å². The third kappa shape index (κ3) is 3.29. The van der Waals surface area contributed by atoms with E-state index in [1.807, 2.05) is 43.5 Å². The van der Waals surface area contributed by atoms with Crippen molar-refractivity contribution in [1.29, 1.82) is 0 Å². The molecule has 144 valence electrons. The van der Waals surface area contributed by atoms with Gasteiger partial charge in [-0.25, -0.2) is 9.59 Å². The Labute approximate surface area is 159 Å². The fraction of sp³-hybridized carbons (Fsp3) is 0.524. The number of benzene rings is 1. The van der Waals surface area contributed by atoms with Gasteiger partial charge in [-0.1, -0.05) is 12.1 Å². The molecule has 0 spiro atoms. The van der Waals surface area contributed by atoms with E-state index >= 15 is 0 Å². The Bertz CT molecular complexity index is 918. The zero-order valence-corrected chi connectivity index (χ0v) is 16.4. The SMILES string of the molecule is COC(=O)c1cc2ccc3c(c2n1CC1CC1)N(C(=O)OC(C)(C)C)CC3. The van der Waals surface area contributed by atoms with Crippen molar-refractivity contribution < 1.29 is 19.1 Å². The van der Waals surface area contributed by atoms with Crippen molar-refractivity contribution in [2.24, 2.45) is 5.92 Å². The first-order chi connectivity index (χ1) is 12.8. The summed E-state index contributed by atoms with van der Waals surface area (Å²) in [6, 6.07) is 5.95. The zero-order chi connectivity index (χ0) is 19.3. The highest BCUT2D eigenvalue weighted by molar-refractivity contribution is 6.06. The highest BCUT2D eigenvalue weighted by Crippen LogP contribution is 2.40. The number of esters is 1. The Morgan fingerprint density at radius 2 is 1.96 bits per heavy atom. The molecule has 1 aliphatic carbocycles. The number of anilines is 1. The first kappa shape index (κ1) is 17.9. The number of nitrogens with zero attached hydrogens (tertiary/aromatic N) is 2. The highest BCUT2D eigenvalue weighted by atomic mass is 16.6. The summed E-state index contributed by atoms with van der Waals surface area (Å²) in [5.41, 5.74) is 2.91. The fourth-order valence-corrected chi connectivity index (χ4v) is 3.75. The molecule has 4 rings (SSSR count). The molecular weight excluding hydrogens is 344 g/mol. The molecule has 0 atom stereocenters. The van der Waals surface area contributed by atoms with Crippen LogP contribution in [0.1, 0.15) is 49.7 Å². The maximum atomic E-state index is 12.8. The van der Waals surface area contributed by atoms with E-state index in [9.17, 15) is 9.59 Å². The average Bonchev–Trinajstić information content (AvgIpc) is 3.18. The summed E-state index contributed by atoms with van der Waals surface area (Å²) in [6.07, 6.45) is 2.79. The number of carbonyl (C=O) groups is 2. The predicted octanol–water partition coefficient (Wildman–Crippen LogP) is 4.14. The quantitative estimate of drug-likeness (QED) is 0.762. The van der Waals surface area contributed by atoms with Crippen LogP contribution < -0.4 is 4.90 Å². The lowest BCUT2D eigenvalue weighted by atomic mass is 10.1. The molecule has 6 nitrogen and oxygen atoms in total. The van der Waals surface area contributed by atoms with Gasteiger partial charge in [0.05, 0.1) is 18.3 Å². The first-order valence-electron chi connectivity index (χ1n) is 9.52. The monoisotopic (exact) mass is 370 g/mol. The number of hydrogen-bond acceptors (Lipinski definition) is 4. The van der Waals surface area contributed by atoms with Gasteiger partial charge in [0.25, 0.3) is 0 Å². The zero-order valence-electron chi connectivity index (χ0n) is 16.4. The highest BCUT2D eigenvalue weighted by Gasteiger charge is 2.34. The molecule has 1 aromatic carbocycles. The van der Waals surface area contributed by atoms with Gasteiger partial charge < -0.3 is 14.0 Å².